The minimum Gasteiger partial charge on any atom is -0.400 e. The van der Waals surface area contributed by atoms with Crippen LogP contribution in [0.5, 0.6) is 0 Å². The van der Waals surface area contributed by atoms with Crippen LogP contribution in [0.15, 0.2) is 99.3 Å². The van der Waals surface area contributed by atoms with Crippen LogP contribution in [0, 0.1) is 15.9 Å². The molecule has 0 bridgehead atoms. The third-order valence-corrected chi connectivity index (χ3v) is 8.48. The zero-order chi connectivity index (χ0) is 28.4. The van der Waals surface area contributed by atoms with E-state index in [1.165, 1.54) is 55.6 Å². The zero-order valence-electron chi connectivity index (χ0n) is 20.5. The molecule has 5 aromatic rings. The molecule has 0 spiro atoms. The maximum absolute atomic E-state index is 13.8. The number of benzene rings is 3. The Hall–Kier alpha value is -4.95. The number of aromatic nitrogens is 1. The minimum absolute atomic E-state index is 0.00189. The lowest BCUT2D eigenvalue weighted by atomic mass is 10.2. The number of rotatable bonds is 8. The lowest BCUT2D eigenvalue weighted by Crippen LogP contribution is -2.27. The molecule has 1 amide bonds. The van der Waals surface area contributed by atoms with E-state index in [1.54, 1.807) is 30.3 Å². The molecule has 0 aliphatic heterocycles. The van der Waals surface area contributed by atoms with Crippen molar-refractivity contribution in [3.63, 3.8) is 0 Å². The van der Waals surface area contributed by atoms with Crippen LogP contribution in [0.1, 0.15) is 16.1 Å². The SMILES string of the molecule is CN(c1ccccc1)S(=O)(=O)c1ccc(C(=O)N(/N=C/c2ccc([N+](=O)[O-])o2)c2nc3ccc(F)cc3s2)cc1. The smallest absolute Gasteiger partial charge is 0.400 e. The van der Waals surface area contributed by atoms with E-state index in [0.29, 0.717) is 15.9 Å². The standard InChI is InChI=1S/C26H18FN5O6S2/c1-30(19-5-3-2-4-6-19)40(36,37)21-11-7-17(8-12-21)25(33)31(28-16-20-10-14-24(38-20)32(34)35)26-29-22-13-9-18(27)15-23(22)39-26/h2-16H,1H3/b28-16+. The van der Waals surface area contributed by atoms with Crippen molar-refractivity contribution < 1.29 is 26.9 Å². The van der Waals surface area contributed by atoms with Gasteiger partial charge in [-0.15, -0.1) is 0 Å². The first-order chi connectivity index (χ1) is 19.1. The molecular formula is C26H18FN5O6S2. The Morgan fingerprint density at radius 2 is 1.80 bits per heavy atom. The summed E-state index contributed by atoms with van der Waals surface area (Å²) in [6.07, 6.45) is 1.10. The van der Waals surface area contributed by atoms with Crippen LogP contribution in [-0.4, -0.2) is 37.5 Å². The number of carbonyl (C=O) groups is 1. The van der Waals surface area contributed by atoms with E-state index in [4.69, 9.17) is 4.42 Å². The number of hydrazone groups is 1. The fourth-order valence-electron chi connectivity index (χ4n) is 3.62. The van der Waals surface area contributed by atoms with Gasteiger partial charge in [-0.25, -0.2) is 17.8 Å². The van der Waals surface area contributed by atoms with Gasteiger partial charge in [0, 0.05) is 12.6 Å². The molecule has 202 valence electrons. The fourth-order valence-corrected chi connectivity index (χ4v) is 5.76. The van der Waals surface area contributed by atoms with Crippen molar-refractivity contribution in [1.82, 2.24) is 4.98 Å². The van der Waals surface area contributed by atoms with Crippen LogP contribution >= 0.6 is 11.3 Å². The maximum Gasteiger partial charge on any atom is 0.433 e. The van der Waals surface area contributed by atoms with Crippen molar-refractivity contribution in [2.75, 3.05) is 16.4 Å². The normalized spacial score (nSPS) is 11.7. The van der Waals surface area contributed by atoms with Crippen molar-refractivity contribution in [1.29, 1.82) is 0 Å². The Labute approximate surface area is 230 Å². The van der Waals surface area contributed by atoms with Crippen LogP contribution in [0.3, 0.4) is 0 Å². The van der Waals surface area contributed by atoms with E-state index in [-0.39, 0.29) is 21.4 Å². The number of hydrogen-bond acceptors (Lipinski definition) is 9. The van der Waals surface area contributed by atoms with E-state index in [0.717, 1.165) is 32.9 Å². The summed E-state index contributed by atoms with van der Waals surface area (Å²) in [5.74, 6) is -1.67. The Balaban J connectivity index is 1.48. The topological polar surface area (TPSA) is 139 Å². The van der Waals surface area contributed by atoms with Gasteiger partial charge in [-0.05, 0) is 60.7 Å². The molecule has 3 aromatic carbocycles. The number of carbonyl (C=O) groups excluding carboxylic acids is 1. The molecule has 0 fully saturated rings. The Morgan fingerprint density at radius 3 is 2.48 bits per heavy atom. The van der Waals surface area contributed by atoms with Crippen molar-refractivity contribution in [2.45, 2.75) is 4.90 Å². The average Bonchev–Trinajstić information content (AvgIpc) is 3.60. The predicted molar refractivity (Wildman–Crippen MR) is 148 cm³/mol. The minimum atomic E-state index is -3.91. The quantitative estimate of drug-likeness (QED) is 0.135. The lowest BCUT2D eigenvalue weighted by Gasteiger charge is -2.19. The van der Waals surface area contributed by atoms with Crippen molar-refractivity contribution in [3.05, 3.63) is 112 Å². The van der Waals surface area contributed by atoms with Crippen LogP contribution in [0.4, 0.5) is 21.1 Å². The van der Waals surface area contributed by atoms with Crippen LogP contribution in [0.25, 0.3) is 10.2 Å². The average molecular weight is 580 g/mol. The second-order valence-corrected chi connectivity index (χ2v) is 11.2. The monoisotopic (exact) mass is 579 g/mol. The van der Waals surface area contributed by atoms with E-state index in [9.17, 15) is 27.7 Å². The zero-order valence-corrected chi connectivity index (χ0v) is 22.2. The number of para-hydroxylation sites is 1. The third kappa shape index (κ3) is 5.30. The summed E-state index contributed by atoms with van der Waals surface area (Å²) in [6, 6.07) is 20.2. The molecule has 0 saturated heterocycles. The first kappa shape index (κ1) is 26.6. The van der Waals surface area contributed by atoms with Crippen LogP contribution in [0.2, 0.25) is 0 Å². The Morgan fingerprint density at radius 1 is 1.07 bits per heavy atom. The number of furan rings is 1. The van der Waals surface area contributed by atoms with Crippen LogP contribution < -0.4 is 9.31 Å². The van der Waals surface area contributed by atoms with E-state index < -0.39 is 32.6 Å². The number of hydrogen-bond donors (Lipinski definition) is 0. The van der Waals surface area contributed by atoms with Gasteiger partial charge in [0.1, 0.15) is 10.7 Å². The molecule has 2 aromatic heterocycles. The summed E-state index contributed by atoms with van der Waals surface area (Å²) in [5, 5.41) is 16.1. The highest BCUT2D eigenvalue weighted by Gasteiger charge is 2.25. The van der Waals surface area contributed by atoms with Gasteiger partial charge in [0.25, 0.3) is 15.9 Å². The molecule has 40 heavy (non-hydrogen) atoms. The first-order valence-corrected chi connectivity index (χ1v) is 13.7. The van der Waals surface area contributed by atoms with Gasteiger partial charge < -0.3 is 4.42 Å². The number of anilines is 2. The lowest BCUT2D eigenvalue weighted by molar-refractivity contribution is -0.402. The van der Waals surface area contributed by atoms with Crippen molar-refractivity contribution in [2.24, 2.45) is 5.10 Å². The molecule has 11 nitrogen and oxygen atoms in total. The van der Waals surface area contributed by atoms with Gasteiger partial charge in [0.15, 0.2) is 5.76 Å². The molecule has 2 heterocycles. The summed E-state index contributed by atoms with van der Waals surface area (Å²) in [5.41, 5.74) is 0.969. The highest BCUT2D eigenvalue weighted by Crippen LogP contribution is 2.31. The van der Waals surface area contributed by atoms with E-state index in [2.05, 4.69) is 10.1 Å². The number of fused-ring (bicyclic) bond motifs is 1. The Bertz CT molecular complexity index is 1850. The van der Waals surface area contributed by atoms with Gasteiger partial charge in [-0.1, -0.05) is 29.5 Å². The number of nitro groups is 1. The molecule has 0 aliphatic rings. The van der Waals surface area contributed by atoms with Gasteiger partial charge in [0.05, 0.1) is 33.1 Å². The van der Waals surface area contributed by atoms with Gasteiger partial charge in [-0.3, -0.25) is 19.2 Å². The fraction of sp³-hybridized carbons (Fsp3) is 0.0385. The number of halogens is 1. The number of thiazole rings is 1. The van der Waals surface area contributed by atoms with Gasteiger partial charge in [0.2, 0.25) is 5.13 Å². The molecule has 0 atom stereocenters. The highest BCUT2D eigenvalue weighted by molar-refractivity contribution is 7.92. The van der Waals surface area contributed by atoms with Crippen molar-refractivity contribution >= 4 is 60.4 Å². The second kappa shape index (κ2) is 10.7. The molecule has 0 unspecified atom stereocenters. The predicted octanol–water partition coefficient (Wildman–Crippen LogP) is 5.44. The molecular weight excluding hydrogens is 561 g/mol. The third-order valence-electron chi connectivity index (χ3n) is 5.69. The molecule has 0 N–H and O–H groups in total. The molecule has 14 heteroatoms. The maximum atomic E-state index is 13.8. The van der Waals surface area contributed by atoms with E-state index in [1.807, 2.05) is 0 Å². The summed E-state index contributed by atoms with van der Waals surface area (Å²) < 4.78 is 46.7. The summed E-state index contributed by atoms with van der Waals surface area (Å²) in [6.45, 7) is 0. The van der Waals surface area contributed by atoms with Crippen LogP contribution in [-0.2, 0) is 10.0 Å². The number of sulfonamides is 1. The summed E-state index contributed by atoms with van der Waals surface area (Å²) in [7, 11) is -2.49. The van der Waals surface area contributed by atoms with Gasteiger partial charge >= 0.3 is 5.88 Å². The Kier molecular flexibility index (Phi) is 7.11. The summed E-state index contributed by atoms with van der Waals surface area (Å²) in [4.78, 5) is 28.1. The van der Waals surface area contributed by atoms with E-state index >= 15 is 0 Å². The highest BCUT2D eigenvalue weighted by atomic mass is 32.2. The van der Waals surface area contributed by atoms with Gasteiger partial charge in [-0.2, -0.15) is 10.1 Å². The van der Waals surface area contributed by atoms with Crippen molar-refractivity contribution in [3.8, 4) is 0 Å². The largest absolute Gasteiger partial charge is 0.433 e. The molecule has 0 radical (unpaired) electrons. The number of nitrogens with zero attached hydrogens (tertiary/aromatic N) is 5. The first-order valence-electron chi connectivity index (χ1n) is 11.5. The molecule has 0 saturated carbocycles. The number of amides is 1. The summed E-state index contributed by atoms with van der Waals surface area (Å²) >= 11 is 0.996. The molecule has 5 rings (SSSR count). The molecule has 0 aliphatic carbocycles. The second-order valence-electron chi connectivity index (χ2n) is 8.24.